The molecular formula is C8H18N2O2S. The Kier molecular flexibility index (Phi) is 2.99. The van der Waals surface area contributed by atoms with Crippen LogP contribution in [0.4, 0.5) is 0 Å². The smallest absolute Gasteiger partial charge is 0.113 e. The van der Waals surface area contributed by atoms with Gasteiger partial charge in [0.25, 0.3) is 0 Å². The van der Waals surface area contributed by atoms with Gasteiger partial charge in [0.05, 0.1) is 18.0 Å². The zero-order valence-electron chi connectivity index (χ0n) is 8.50. The molecule has 1 aliphatic heterocycles. The van der Waals surface area contributed by atoms with Crippen LogP contribution in [0.25, 0.3) is 0 Å². The second-order valence-electron chi connectivity index (χ2n) is 4.18. The van der Waals surface area contributed by atoms with Gasteiger partial charge in [-0.1, -0.05) is 0 Å². The molecule has 1 unspecified atom stereocenters. The summed E-state index contributed by atoms with van der Waals surface area (Å²) >= 11 is 0. The van der Waals surface area contributed by atoms with Crippen LogP contribution in [-0.4, -0.2) is 39.6 Å². The predicted octanol–water partition coefficient (Wildman–Crippen LogP) is 1.08. The van der Waals surface area contributed by atoms with Gasteiger partial charge < -0.3 is 4.74 Å². The van der Waals surface area contributed by atoms with Crippen LogP contribution < -0.4 is 0 Å². The minimum atomic E-state index is -2.65. The van der Waals surface area contributed by atoms with Crippen molar-refractivity contribution in [2.75, 3.05) is 26.3 Å². The van der Waals surface area contributed by atoms with E-state index in [1.54, 1.807) is 4.31 Å². The third-order valence-corrected chi connectivity index (χ3v) is 4.92. The maximum absolute atomic E-state index is 12.1. The van der Waals surface area contributed by atoms with Gasteiger partial charge >= 0.3 is 0 Å². The molecule has 1 N–H and O–H groups in total. The lowest BCUT2D eigenvalue weighted by molar-refractivity contribution is 0.0736. The van der Waals surface area contributed by atoms with E-state index in [1.807, 2.05) is 20.8 Å². The highest BCUT2D eigenvalue weighted by Gasteiger charge is 2.32. The van der Waals surface area contributed by atoms with Crippen molar-refractivity contribution in [3.05, 3.63) is 0 Å². The Hall–Kier alpha value is -0.130. The molecule has 0 aromatic heterocycles. The van der Waals surface area contributed by atoms with Gasteiger partial charge in [-0.2, -0.15) is 0 Å². The van der Waals surface area contributed by atoms with E-state index in [-0.39, 0.29) is 0 Å². The predicted molar refractivity (Wildman–Crippen MR) is 53.0 cm³/mol. The fraction of sp³-hybridized carbons (Fsp3) is 1.00. The summed E-state index contributed by atoms with van der Waals surface area (Å²) in [6, 6.07) is 0. The minimum absolute atomic E-state index is 0.482. The zero-order valence-corrected chi connectivity index (χ0v) is 9.32. The number of hydrogen-bond acceptors (Lipinski definition) is 3. The van der Waals surface area contributed by atoms with Crippen LogP contribution in [0.15, 0.2) is 0 Å². The number of ether oxygens (including phenoxy) is 1. The van der Waals surface area contributed by atoms with Crippen molar-refractivity contribution >= 4 is 9.92 Å². The second-order valence-corrected chi connectivity index (χ2v) is 6.97. The van der Waals surface area contributed by atoms with Crippen molar-refractivity contribution in [1.29, 1.82) is 4.78 Å². The van der Waals surface area contributed by atoms with Crippen LogP contribution in [0.2, 0.25) is 0 Å². The maximum atomic E-state index is 12.1. The van der Waals surface area contributed by atoms with E-state index in [0.717, 1.165) is 0 Å². The fourth-order valence-electron chi connectivity index (χ4n) is 1.19. The van der Waals surface area contributed by atoms with Gasteiger partial charge in [0.15, 0.2) is 0 Å². The number of hydrogen-bond donors (Lipinski definition) is 1. The molecule has 1 heterocycles. The average Bonchev–Trinajstić information content (AvgIpc) is 2.04. The highest BCUT2D eigenvalue weighted by atomic mass is 32.2. The molecule has 1 saturated heterocycles. The van der Waals surface area contributed by atoms with E-state index < -0.39 is 14.7 Å². The lowest BCUT2D eigenvalue weighted by atomic mass is 10.3. The van der Waals surface area contributed by atoms with Crippen LogP contribution in [0, 0.1) is 4.78 Å². The quantitative estimate of drug-likeness (QED) is 0.698. The minimum Gasteiger partial charge on any atom is -0.379 e. The number of nitrogens with zero attached hydrogens (tertiary/aromatic N) is 1. The molecule has 0 amide bonds. The SMILES string of the molecule is CC(C)(C)S(=N)(=O)N1CCOCC1. The zero-order chi connectivity index (χ0) is 10.1. The van der Waals surface area contributed by atoms with Gasteiger partial charge in [0, 0.05) is 13.1 Å². The highest BCUT2D eigenvalue weighted by molar-refractivity contribution is 7.91. The number of rotatable bonds is 1. The van der Waals surface area contributed by atoms with Crippen molar-refractivity contribution in [3.8, 4) is 0 Å². The van der Waals surface area contributed by atoms with E-state index in [1.165, 1.54) is 0 Å². The first-order valence-electron chi connectivity index (χ1n) is 4.47. The van der Waals surface area contributed by atoms with E-state index in [9.17, 15) is 4.21 Å². The summed E-state index contributed by atoms with van der Waals surface area (Å²) in [6.45, 7) is 7.94. The molecule has 1 fully saturated rings. The summed E-state index contributed by atoms with van der Waals surface area (Å²) in [5, 5.41) is 0. The van der Waals surface area contributed by atoms with Gasteiger partial charge in [0.1, 0.15) is 9.92 Å². The van der Waals surface area contributed by atoms with Gasteiger partial charge in [0.2, 0.25) is 0 Å². The molecule has 0 saturated carbocycles. The van der Waals surface area contributed by atoms with Crippen molar-refractivity contribution < 1.29 is 8.95 Å². The maximum Gasteiger partial charge on any atom is 0.113 e. The molecule has 0 spiro atoms. The molecule has 0 aromatic rings. The summed E-state index contributed by atoms with van der Waals surface area (Å²) in [6.07, 6.45) is 0. The highest BCUT2D eigenvalue weighted by Crippen LogP contribution is 2.21. The van der Waals surface area contributed by atoms with Crippen LogP contribution in [-0.2, 0) is 14.7 Å². The first kappa shape index (κ1) is 10.9. The summed E-state index contributed by atoms with van der Waals surface area (Å²) in [5.74, 6) is 0. The lowest BCUT2D eigenvalue weighted by Gasteiger charge is -2.34. The van der Waals surface area contributed by atoms with Crippen LogP contribution in [0.1, 0.15) is 20.8 Å². The molecule has 0 aromatic carbocycles. The largest absolute Gasteiger partial charge is 0.379 e. The van der Waals surface area contributed by atoms with Gasteiger partial charge in [-0.3, -0.25) is 0 Å². The van der Waals surface area contributed by atoms with Crippen LogP contribution in [0.3, 0.4) is 0 Å². The first-order valence-corrected chi connectivity index (χ1v) is 5.98. The molecular weight excluding hydrogens is 188 g/mol. The van der Waals surface area contributed by atoms with Crippen LogP contribution >= 0.6 is 0 Å². The van der Waals surface area contributed by atoms with Gasteiger partial charge in [-0.05, 0) is 20.8 Å². The standard InChI is InChI=1S/C8H18N2O2S/c1-8(2,3)13(9,11)10-4-6-12-7-5-10/h9H,4-7H2,1-3H3. The third kappa shape index (κ3) is 2.21. The summed E-state index contributed by atoms with van der Waals surface area (Å²) in [5.41, 5.74) is 0. The van der Waals surface area contributed by atoms with Crippen molar-refractivity contribution in [2.45, 2.75) is 25.5 Å². The Morgan fingerprint density at radius 2 is 1.77 bits per heavy atom. The normalized spacial score (nSPS) is 25.5. The topological polar surface area (TPSA) is 53.4 Å². The van der Waals surface area contributed by atoms with Gasteiger partial charge in [-0.15, -0.1) is 0 Å². The summed E-state index contributed by atoms with van der Waals surface area (Å²) in [4.78, 5) is 0. The second kappa shape index (κ2) is 3.55. The number of morpholine rings is 1. The molecule has 0 aliphatic carbocycles. The Labute approximate surface area is 80.4 Å². The molecule has 5 heteroatoms. The Morgan fingerprint density at radius 1 is 1.31 bits per heavy atom. The molecule has 78 valence electrons. The van der Waals surface area contributed by atoms with E-state index >= 15 is 0 Å². The molecule has 1 rings (SSSR count). The first-order chi connectivity index (χ1) is 5.86. The van der Waals surface area contributed by atoms with E-state index in [4.69, 9.17) is 9.52 Å². The molecule has 13 heavy (non-hydrogen) atoms. The van der Waals surface area contributed by atoms with Crippen molar-refractivity contribution in [1.82, 2.24) is 4.31 Å². The molecule has 1 atom stereocenters. The van der Waals surface area contributed by atoms with E-state index in [0.29, 0.717) is 26.3 Å². The van der Waals surface area contributed by atoms with Crippen molar-refractivity contribution in [2.24, 2.45) is 0 Å². The Bertz CT molecular complexity index is 260. The van der Waals surface area contributed by atoms with E-state index in [2.05, 4.69) is 0 Å². The Morgan fingerprint density at radius 3 is 2.15 bits per heavy atom. The average molecular weight is 206 g/mol. The van der Waals surface area contributed by atoms with Crippen LogP contribution in [0.5, 0.6) is 0 Å². The Balaban J connectivity index is 2.80. The molecule has 1 aliphatic rings. The lowest BCUT2D eigenvalue weighted by Crippen LogP contribution is -2.47. The fourth-order valence-corrected chi connectivity index (χ4v) is 2.63. The van der Waals surface area contributed by atoms with Crippen molar-refractivity contribution in [3.63, 3.8) is 0 Å². The summed E-state index contributed by atoms with van der Waals surface area (Å²) in [7, 11) is -2.65. The molecule has 0 radical (unpaired) electrons. The van der Waals surface area contributed by atoms with Gasteiger partial charge in [-0.25, -0.2) is 13.3 Å². The molecule has 0 bridgehead atoms. The number of nitrogens with one attached hydrogen (secondary N) is 1. The monoisotopic (exact) mass is 206 g/mol. The summed E-state index contributed by atoms with van der Waals surface area (Å²) < 4.78 is 26.4. The molecule has 4 nitrogen and oxygen atoms in total. The third-order valence-electron chi connectivity index (χ3n) is 2.16.